The minimum atomic E-state index is -0.530. The van der Waals surface area contributed by atoms with Crippen LogP contribution in [-0.4, -0.2) is 10.1 Å². The van der Waals surface area contributed by atoms with Crippen LogP contribution in [0.2, 0.25) is 0 Å². The summed E-state index contributed by atoms with van der Waals surface area (Å²) in [5, 5.41) is 3.71. The van der Waals surface area contributed by atoms with Gasteiger partial charge in [0.05, 0.1) is 11.9 Å². The largest absolute Gasteiger partial charge is 0.484 e. The molecule has 2 rings (SSSR count). The first-order valence-electron chi connectivity index (χ1n) is 4.40. The number of aryl methyl sites for hydroxylation is 1. The summed E-state index contributed by atoms with van der Waals surface area (Å²) >= 11 is 0. The van der Waals surface area contributed by atoms with Gasteiger partial charge in [0, 0.05) is 6.07 Å². The number of halogens is 1. The van der Waals surface area contributed by atoms with E-state index in [1.165, 1.54) is 18.3 Å². The first-order valence-corrected chi connectivity index (χ1v) is 4.40. The third-order valence-electron chi connectivity index (χ3n) is 1.76. The van der Waals surface area contributed by atoms with Crippen molar-refractivity contribution >= 4 is 0 Å². The van der Waals surface area contributed by atoms with Crippen LogP contribution in [0.1, 0.15) is 11.5 Å². The van der Waals surface area contributed by atoms with Crippen LogP contribution in [0, 0.1) is 12.9 Å². The second-order valence-corrected chi connectivity index (χ2v) is 3.04. The lowest BCUT2D eigenvalue weighted by molar-refractivity contribution is 0.247. The van der Waals surface area contributed by atoms with E-state index >= 15 is 0 Å². The normalized spacial score (nSPS) is 10.3. The summed E-state index contributed by atoms with van der Waals surface area (Å²) in [5.41, 5.74) is 0.797. The van der Waals surface area contributed by atoms with Crippen LogP contribution >= 0.6 is 0 Å². The lowest BCUT2D eigenvalue weighted by atomic mass is 10.4. The Balaban J connectivity index is 1.96. The van der Waals surface area contributed by atoms with Gasteiger partial charge in [-0.1, -0.05) is 5.16 Å². The molecule has 0 atom stereocenters. The Hall–Kier alpha value is -1.91. The van der Waals surface area contributed by atoms with E-state index in [9.17, 15) is 4.39 Å². The maximum atomic E-state index is 12.5. The highest BCUT2D eigenvalue weighted by atomic mass is 19.1. The Labute approximate surface area is 85.7 Å². The van der Waals surface area contributed by atoms with Crippen LogP contribution in [0.4, 0.5) is 4.39 Å². The van der Waals surface area contributed by atoms with Crippen LogP contribution in [0.3, 0.4) is 0 Å². The molecular formula is C10H9FN2O2. The molecule has 0 fully saturated rings. The maximum Gasteiger partial charge on any atom is 0.213 e. The summed E-state index contributed by atoms with van der Waals surface area (Å²) in [6.07, 6.45) is 1.32. The number of ether oxygens (including phenoxy) is 1. The van der Waals surface area contributed by atoms with Gasteiger partial charge >= 0.3 is 0 Å². The summed E-state index contributed by atoms with van der Waals surface area (Å²) in [7, 11) is 0. The van der Waals surface area contributed by atoms with Gasteiger partial charge < -0.3 is 9.26 Å². The molecule has 0 bridgehead atoms. The first-order chi connectivity index (χ1) is 7.24. The fourth-order valence-electron chi connectivity index (χ4n) is 1.09. The van der Waals surface area contributed by atoms with Crippen molar-refractivity contribution in [1.29, 1.82) is 0 Å². The SMILES string of the molecule is Cc1cc(COc2ccc(F)nc2)on1. The minimum Gasteiger partial charge on any atom is -0.484 e. The van der Waals surface area contributed by atoms with E-state index in [1.807, 2.05) is 6.92 Å². The van der Waals surface area contributed by atoms with Crippen LogP contribution in [0.5, 0.6) is 5.75 Å². The summed E-state index contributed by atoms with van der Waals surface area (Å²) in [6, 6.07) is 4.52. The van der Waals surface area contributed by atoms with Crippen molar-refractivity contribution in [3.05, 3.63) is 41.8 Å². The quantitative estimate of drug-likeness (QED) is 0.724. The molecule has 0 N–H and O–H groups in total. The molecule has 2 aromatic rings. The molecule has 4 nitrogen and oxygen atoms in total. The van der Waals surface area contributed by atoms with E-state index in [-0.39, 0.29) is 6.61 Å². The molecule has 0 unspecified atom stereocenters. The Kier molecular flexibility index (Phi) is 2.62. The predicted octanol–water partition coefficient (Wildman–Crippen LogP) is 2.10. The maximum absolute atomic E-state index is 12.5. The van der Waals surface area contributed by atoms with Crippen LogP contribution in [-0.2, 0) is 6.61 Å². The second kappa shape index (κ2) is 4.08. The first kappa shape index (κ1) is 9.64. The zero-order chi connectivity index (χ0) is 10.7. The molecule has 0 aliphatic carbocycles. The fraction of sp³-hybridized carbons (Fsp3) is 0.200. The van der Waals surface area contributed by atoms with E-state index in [0.717, 1.165) is 5.69 Å². The van der Waals surface area contributed by atoms with Gasteiger partial charge in [0.25, 0.3) is 0 Å². The Morgan fingerprint density at radius 2 is 2.33 bits per heavy atom. The van der Waals surface area contributed by atoms with Gasteiger partial charge in [-0.05, 0) is 19.1 Å². The summed E-state index contributed by atoms with van der Waals surface area (Å²) in [6.45, 7) is 2.08. The molecular weight excluding hydrogens is 199 g/mol. The number of pyridine rings is 1. The summed E-state index contributed by atoms with van der Waals surface area (Å²) < 4.78 is 22.7. The molecule has 0 saturated heterocycles. The minimum absolute atomic E-state index is 0.258. The average molecular weight is 208 g/mol. The molecule has 78 valence electrons. The Bertz CT molecular complexity index is 439. The van der Waals surface area contributed by atoms with Crippen molar-refractivity contribution in [2.45, 2.75) is 13.5 Å². The molecule has 2 aromatic heterocycles. The number of hydrogen-bond acceptors (Lipinski definition) is 4. The van der Waals surface area contributed by atoms with E-state index in [1.54, 1.807) is 6.07 Å². The highest BCUT2D eigenvalue weighted by Gasteiger charge is 2.02. The molecule has 0 amide bonds. The predicted molar refractivity (Wildman–Crippen MR) is 49.8 cm³/mol. The topological polar surface area (TPSA) is 48.2 Å². The number of nitrogens with zero attached hydrogens (tertiary/aromatic N) is 2. The molecule has 0 aromatic carbocycles. The van der Waals surface area contributed by atoms with Gasteiger partial charge in [0.15, 0.2) is 5.76 Å². The van der Waals surface area contributed by atoms with Gasteiger partial charge in [-0.2, -0.15) is 4.39 Å². The fourth-order valence-corrected chi connectivity index (χ4v) is 1.09. The number of rotatable bonds is 3. The van der Waals surface area contributed by atoms with Crippen LogP contribution < -0.4 is 4.74 Å². The number of aromatic nitrogens is 2. The lowest BCUT2D eigenvalue weighted by Gasteiger charge is -2.01. The zero-order valence-corrected chi connectivity index (χ0v) is 8.11. The van der Waals surface area contributed by atoms with Gasteiger partial charge in [0.1, 0.15) is 12.4 Å². The van der Waals surface area contributed by atoms with Crippen molar-refractivity contribution in [2.24, 2.45) is 0 Å². The van der Waals surface area contributed by atoms with Gasteiger partial charge in [-0.15, -0.1) is 0 Å². The van der Waals surface area contributed by atoms with Crippen LogP contribution in [0.15, 0.2) is 28.9 Å². The molecule has 0 aliphatic rings. The molecule has 0 spiro atoms. The van der Waals surface area contributed by atoms with Crippen molar-refractivity contribution in [3.63, 3.8) is 0 Å². The zero-order valence-electron chi connectivity index (χ0n) is 8.11. The highest BCUT2D eigenvalue weighted by Crippen LogP contribution is 2.11. The highest BCUT2D eigenvalue weighted by molar-refractivity contribution is 5.16. The molecule has 2 heterocycles. The Morgan fingerprint density at radius 3 is 2.93 bits per heavy atom. The second-order valence-electron chi connectivity index (χ2n) is 3.04. The van der Waals surface area contributed by atoms with Gasteiger partial charge in [-0.3, -0.25) is 0 Å². The van der Waals surface area contributed by atoms with Gasteiger partial charge in [-0.25, -0.2) is 4.98 Å². The van der Waals surface area contributed by atoms with Crippen LogP contribution in [0.25, 0.3) is 0 Å². The van der Waals surface area contributed by atoms with Crippen molar-refractivity contribution in [3.8, 4) is 5.75 Å². The Morgan fingerprint density at radius 1 is 1.47 bits per heavy atom. The third kappa shape index (κ3) is 2.52. The van der Waals surface area contributed by atoms with Gasteiger partial charge in [0.2, 0.25) is 5.95 Å². The monoisotopic (exact) mass is 208 g/mol. The molecule has 0 radical (unpaired) electrons. The number of hydrogen-bond donors (Lipinski definition) is 0. The molecule has 15 heavy (non-hydrogen) atoms. The molecule has 0 saturated carbocycles. The van der Waals surface area contributed by atoms with E-state index < -0.39 is 5.95 Å². The summed E-state index contributed by atoms with van der Waals surface area (Å²) in [4.78, 5) is 3.46. The van der Waals surface area contributed by atoms with E-state index in [0.29, 0.717) is 11.5 Å². The molecule has 0 aliphatic heterocycles. The summed E-state index contributed by atoms with van der Waals surface area (Å²) in [5.74, 6) is 0.583. The van der Waals surface area contributed by atoms with Crippen molar-refractivity contribution < 1.29 is 13.7 Å². The third-order valence-corrected chi connectivity index (χ3v) is 1.76. The lowest BCUT2D eigenvalue weighted by Crippen LogP contribution is -1.94. The average Bonchev–Trinajstić information content (AvgIpc) is 2.64. The van der Waals surface area contributed by atoms with E-state index in [2.05, 4.69) is 10.1 Å². The standard InChI is InChI=1S/C10H9FN2O2/c1-7-4-9(15-13-7)6-14-8-2-3-10(11)12-5-8/h2-5H,6H2,1H3. The smallest absolute Gasteiger partial charge is 0.213 e. The van der Waals surface area contributed by atoms with Crippen molar-refractivity contribution in [1.82, 2.24) is 10.1 Å². The van der Waals surface area contributed by atoms with E-state index in [4.69, 9.17) is 9.26 Å². The molecule has 5 heteroatoms. The van der Waals surface area contributed by atoms with Crippen molar-refractivity contribution in [2.75, 3.05) is 0 Å².